The molecule has 0 radical (unpaired) electrons. The van der Waals surface area contributed by atoms with Gasteiger partial charge in [-0.15, -0.1) is 11.3 Å². The number of nitrogens with zero attached hydrogens (tertiary/aromatic N) is 1. The zero-order chi connectivity index (χ0) is 11.1. The molecule has 5 heteroatoms. The van der Waals surface area contributed by atoms with E-state index in [9.17, 15) is 4.21 Å². The molecule has 0 aliphatic carbocycles. The van der Waals surface area contributed by atoms with Crippen LogP contribution in [-0.4, -0.2) is 15.4 Å². The normalized spacial score (nSPS) is 16.6. The van der Waals surface area contributed by atoms with E-state index in [1.807, 2.05) is 6.92 Å². The summed E-state index contributed by atoms with van der Waals surface area (Å²) in [6.07, 6.45) is 1.41. The maximum absolute atomic E-state index is 11.5. The van der Waals surface area contributed by atoms with E-state index in [-0.39, 0.29) is 5.41 Å². The predicted octanol–water partition coefficient (Wildman–Crippen LogP) is 2.78. The Morgan fingerprint density at radius 1 is 1.43 bits per heavy atom. The van der Waals surface area contributed by atoms with Crippen molar-refractivity contribution in [2.24, 2.45) is 0 Å². The molecule has 1 rings (SSSR count). The van der Waals surface area contributed by atoms with Gasteiger partial charge < -0.3 is 0 Å². The summed E-state index contributed by atoms with van der Waals surface area (Å²) >= 11 is 1.40. The Morgan fingerprint density at radius 3 is 2.14 bits per heavy atom. The molecule has 1 N–H and O–H groups in total. The smallest absolute Gasteiger partial charge is 0.189 e. The van der Waals surface area contributed by atoms with Crippen molar-refractivity contribution in [2.75, 3.05) is 6.26 Å². The number of hydrogen-bond donors (Lipinski definition) is 1. The molecule has 0 aliphatic rings. The first-order valence-electron chi connectivity index (χ1n) is 4.34. The van der Waals surface area contributed by atoms with Crippen molar-refractivity contribution in [2.45, 2.75) is 37.4 Å². The fourth-order valence-electron chi connectivity index (χ4n) is 1.23. The summed E-state index contributed by atoms with van der Waals surface area (Å²) in [7, 11) is -2.66. The molecule has 14 heavy (non-hydrogen) atoms. The summed E-state index contributed by atoms with van der Waals surface area (Å²) in [5.41, 5.74) is 0.921. The van der Waals surface area contributed by atoms with Gasteiger partial charge in [-0.05, 0) is 12.3 Å². The Hall–Kier alpha value is -0.420. The lowest BCUT2D eigenvalue weighted by atomic mass is 9.94. The molecule has 0 spiro atoms. The molecule has 0 bridgehead atoms. The molecule has 0 saturated heterocycles. The zero-order valence-electron chi connectivity index (χ0n) is 9.17. The highest BCUT2D eigenvalue weighted by atomic mass is 32.2. The molecular formula is C9H16N2OS2. The molecule has 0 fully saturated rings. The third-order valence-corrected chi connectivity index (χ3v) is 5.13. The second-order valence-corrected chi connectivity index (χ2v) is 7.82. The van der Waals surface area contributed by atoms with Crippen molar-refractivity contribution in [3.05, 3.63) is 10.6 Å². The molecule has 1 heterocycles. The molecule has 1 aromatic heterocycles. The molecule has 0 amide bonds. The quantitative estimate of drug-likeness (QED) is 0.809. The van der Waals surface area contributed by atoms with Crippen LogP contribution in [-0.2, 0) is 15.1 Å². The van der Waals surface area contributed by atoms with Gasteiger partial charge in [0.05, 0.1) is 15.4 Å². The number of nitrogens with one attached hydrogen (secondary N) is 1. The van der Waals surface area contributed by atoms with Gasteiger partial charge in [0.2, 0.25) is 0 Å². The molecule has 1 aromatic rings. The van der Waals surface area contributed by atoms with Gasteiger partial charge in [0.25, 0.3) is 0 Å². The van der Waals surface area contributed by atoms with Crippen LogP contribution in [0.5, 0.6) is 0 Å². The third-order valence-electron chi connectivity index (χ3n) is 1.79. The number of thiazole rings is 1. The lowest BCUT2D eigenvalue weighted by Crippen LogP contribution is -2.10. The second-order valence-electron chi connectivity index (χ2n) is 4.49. The molecule has 0 aliphatic heterocycles. The van der Waals surface area contributed by atoms with Crippen LogP contribution in [0.3, 0.4) is 0 Å². The highest BCUT2D eigenvalue weighted by Crippen LogP contribution is 2.32. The van der Waals surface area contributed by atoms with E-state index in [1.165, 1.54) is 17.6 Å². The first kappa shape index (κ1) is 11.7. The topological polar surface area (TPSA) is 53.8 Å². The summed E-state index contributed by atoms with van der Waals surface area (Å²) in [5.74, 6) is 0. The van der Waals surface area contributed by atoms with Crippen molar-refractivity contribution in [1.82, 2.24) is 4.98 Å². The van der Waals surface area contributed by atoms with E-state index in [0.29, 0.717) is 4.34 Å². The Labute approximate surface area is 89.5 Å². The standard InChI is InChI=1S/C9H16N2OS2/c1-6-7(9(2,3)4)13-8(11-6)14(5,10)12/h10H,1-5H3. The van der Waals surface area contributed by atoms with Gasteiger partial charge >= 0.3 is 0 Å². The summed E-state index contributed by atoms with van der Waals surface area (Å²) in [6.45, 7) is 8.20. The first-order chi connectivity index (χ1) is 6.12. The lowest BCUT2D eigenvalue weighted by molar-refractivity contribution is 0.598. The lowest BCUT2D eigenvalue weighted by Gasteiger charge is -2.16. The number of aromatic nitrogens is 1. The van der Waals surface area contributed by atoms with Crippen LogP contribution in [0.2, 0.25) is 0 Å². The van der Waals surface area contributed by atoms with Gasteiger partial charge in [-0.2, -0.15) is 0 Å². The van der Waals surface area contributed by atoms with Crippen LogP contribution in [0.15, 0.2) is 4.34 Å². The van der Waals surface area contributed by atoms with Crippen LogP contribution in [0.1, 0.15) is 31.3 Å². The molecule has 0 saturated carbocycles. The van der Waals surface area contributed by atoms with Gasteiger partial charge in [-0.1, -0.05) is 20.8 Å². The predicted molar refractivity (Wildman–Crippen MR) is 60.6 cm³/mol. The van der Waals surface area contributed by atoms with Crippen LogP contribution >= 0.6 is 11.3 Å². The van der Waals surface area contributed by atoms with Crippen molar-refractivity contribution < 1.29 is 4.21 Å². The molecule has 1 atom stereocenters. The Morgan fingerprint density at radius 2 is 1.93 bits per heavy atom. The molecule has 0 aromatic carbocycles. The first-order valence-corrected chi connectivity index (χ1v) is 7.12. The summed E-state index contributed by atoms with van der Waals surface area (Å²) in [6, 6.07) is 0. The van der Waals surface area contributed by atoms with E-state index < -0.39 is 9.73 Å². The minimum absolute atomic E-state index is 0.0185. The third kappa shape index (κ3) is 2.33. The Kier molecular flexibility index (Phi) is 2.75. The van der Waals surface area contributed by atoms with Gasteiger partial charge in [-0.25, -0.2) is 14.0 Å². The second kappa shape index (κ2) is 3.31. The van der Waals surface area contributed by atoms with Gasteiger partial charge in [0.15, 0.2) is 4.34 Å². The van der Waals surface area contributed by atoms with Crippen molar-refractivity contribution in [1.29, 1.82) is 4.78 Å². The summed E-state index contributed by atoms with van der Waals surface area (Å²) < 4.78 is 19.4. The highest BCUT2D eigenvalue weighted by Gasteiger charge is 2.22. The van der Waals surface area contributed by atoms with Crippen molar-refractivity contribution in [3.63, 3.8) is 0 Å². The molecule has 3 nitrogen and oxygen atoms in total. The minimum atomic E-state index is -2.66. The maximum Gasteiger partial charge on any atom is 0.189 e. The van der Waals surface area contributed by atoms with Gasteiger partial charge in [-0.3, -0.25) is 0 Å². The SMILES string of the molecule is Cc1nc(S(C)(=N)=O)sc1C(C)(C)C. The van der Waals surface area contributed by atoms with Crippen LogP contribution < -0.4 is 0 Å². The summed E-state index contributed by atoms with van der Waals surface area (Å²) in [4.78, 5) is 5.32. The minimum Gasteiger partial charge on any atom is -0.247 e. The maximum atomic E-state index is 11.5. The molecule has 80 valence electrons. The number of aryl methyl sites for hydroxylation is 1. The fraction of sp³-hybridized carbons (Fsp3) is 0.667. The Balaban J connectivity index is 3.33. The van der Waals surface area contributed by atoms with Crippen molar-refractivity contribution >= 4 is 21.1 Å². The number of rotatable bonds is 1. The number of hydrogen-bond acceptors (Lipinski definition) is 4. The average molecular weight is 232 g/mol. The van der Waals surface area contributed by atoms with E-state index in [0.717, 1.165) is 10.6 Å². The van der Waals surface area contributed by atoms with Crippen LogP contribution in [0.25, 0.3) is 0 Å². The van der Waals surface area contributed by atoms with E-state index in [2.05, 4.69) is 25.8 Å². The fourth-order valence-corrected chi connectivity index (χ4v) is 3.29. The van der Waals surface area contributed by atoms with E-state index in [1.54, 1.807) is 0 Å². The molecular weight excluding hydrogens is 216 g/mol. The van der Waals surface area contributed by atoms with Crippen LogP contribution in [0, 0.1) is 11.7 Å². The monoisotopic (exact) mass is 232 g/mol. The Bertz CT molecular complexity index is 438. The van der Waals surface area contributed by atoms with Gasteiger partial charge in [0, 0.05) is 11.1 Å². The van der Waals surface area contributed by atoms with Crippen LogP contribution in [0.4, 0.5) is 0 Å². The average Bonchev–Trinajstić information content (AvgIpc) is 2.27. The van der Waals surface area contributed by atoms with E-state index >= 15 is 0 Å². The highest BCUT2D eigenvalue weighted by molar-refractivity contribution is 7.93. The zero-order valence-corrected chi connectivity index (χ0v) is 10.8. The van der Waals surface area contributed by atoms with Gasteiger partial charge in [0.1, 0.15) is 0 Å². The largest absolute Gasteiger partial charge is 0.247 e. The summed E-state index contributed by atoms with van der Waals surface area (Å²) in [5, 5.41) is 0. The molecule has 1 unspecified atom stereocenters. The van der Waals surface area contributed by atoms with Crippen molar-refractivity contribution in [3.8, 4) is 0 Å². The van der Waals surface area contributed by atoms with E-state index in [4.69, 9.17) is 4.78 Å².